The van der Waals surface area contributed by atoms with Crippen LogP contribution in [0.25, 0.3) is 11.0 Å². The van der Waals surface area contributed by atoms with Gasteiger partial charge in [-0.25, -0.2) is 4.98 Å². The second-order valence-electron chi connectivity index (χ2n) is 6.42. The number of carbonyl (C=O) groups excluding carboxylic acids is 1. The molecule has 0 spiro atoms. The zero-order valence-corrected chi connectivity index (χ0v) is 16.9. The molecule has 0 amide bonds. The van der Waals surface area contributed by atoms with Gasteiger partial charge in [0.25, 0.3) is 0 Å². The Morgan fingerprint density at radius 2 is 2.07 bits per heavy atom. The second kappa shape index (κ2) is 8.59. The lowest BCUT2D eigenvalue weighted by Gasteiger charge is -2.08. The number of aromatic nitrogens is 3. The van der Waals surface area contributed by atoms with E-state index in [4.69, 9.17) is 9.72 Å². The Kier molecular flexibility index (Phi) is 6.19. The lowest BCUT2D eigenvalue weighted by molar-refractivity contribution is 0.102. The molecule has 0 unspecified atom stereocenters. The average molecular weight is 384 g/mol. The van der Waals surface area contributed by atoms with Gasteiger partial charge in [0.15, 0.2) is 10.9 Å². The highest BCUT2D eigenvalue weighted by molar-refractivity contribution is 7.99. The molecule has 0 atom stereocenters. The van der Waals surface area contributed by atoms with Crippen molar-refractivity contribution < 1.29 is 9.53 Å². The number of thioether (sulfide) groups is 1. The summed E-state index contributed by atoms with van der Waals surface area (Å²) in [5.41, 5.74) is 4.85. The van der Waals surface area contributed by atoms with Gasteiger partial charge in [0.1, 0.15) is 0 Å². The molecule has 27 heavy (non-hydrogen) atoms. The molecule has 0 bridgehead atoms. The van der Waals surface area contributed by atoms with Crippen molar-refractivity contribution in [3.8, 4) is 0 Å². The van der Waals surface area contributed by atoms with Crippen molar-refractivity contribution in [3.05, 3.63) is 59.9 Å². The summed E-state index contributed by atoms with van der Waals surface area (Å²) in [6.45, 7) is 9.82. The number of imidazole rings is 1. The average Bonchev–Trinajstić information content (AvgIpc) is 3.16. The van der Waals surface area contributed by atoms with Crippen molar-refractivity contribution in [1.82, 2.24) is 14.1 Å². The molecule has 1 aromatic carbocycles. The molecule has 5 nitrogen and oxygen atoms in total. The maximum atomic E-state index is 12.8. The Bertz CT molecular complexity index is 971. The number of nitrogens with zero attached hydrogens (tertiary/aromatic N) is 3. The highest BCUT2D eigenvalue weighted by atomic mass is 32.2. The molecule has 3 aromatic rings. The summed E-state index contributed by atoms with van der Waals surface area (Å²) in [5, 5.41) is 0.849. The molecule has 0 saturated heterocycles. The predicted octanol–water partition coefficient (Wildman–Crippen LogP) is 4.26. The summed E-state index contributed by atoms with van der Waals surface area (Å²) in [5.74, 6) is 0.475. The number of Topliss-reactive ketones (excluding diaryl/α,β-unsaturated/α-hetero) is 1. The van der Waals surface area contributed by atoms with Gasteiger partial charge in [-0.05, 0) is 32.0 Å². The number of allylic oxidation sites excluding steroid dienone is 1. The number of carbonyl (C=O) groups is 1. The van der Waals surface area contributed by atoms with Crippen molar-refractivity contribution >= 4 is 28.6 Å². The van der Waals surface area contributed by atoms with Crippen LogP contribution in [-0.4, -0.2) is 39.4 Å². The lowest BCUT2D eigenvalue weighted by Crippen LogP contribution is -2.09. The third-order valence-electron chi connectivity index (χ3n) is 4.66. The van der Waals surface area contributed by atoms with Crippen LogP contribution in [0.4, 0.5) is 0 Å². The number of ketones is 1. The van der Waals surface area contributed by atoms with Gasteiger partial charge in [-0.15, -0.1) is 6.58 Å². The van der Waals surface area contributed by atoms with E-state index < -0.39 is 0 Å². The first-order valence-corrected chi connectivity index (χ1v) is 9.93. The Morgan fingerprint density at radius 1 is 1.30 bits per heavy atom. The van der Waals surface area contributed by atoms with Crippen molar-refractivity contribution in [1.29, 1.82) is 0 Å². The summed E-state index contributed by atoms with van der Waals surface area (Å²) in [4.78, 5) is 17.5. The van der Waals surface area contributed by atoms with Crippen LogP contribution in [0, 0.1) is 13.8 Å². The van der Waals surface area contributed by atoms with Gasteiger partial charge in [0.05, 0.1) is 23.4 Å². The Balaban J connectivity index is 1.81. The minimum Gasteiger partial charge on any atom is -0.383 e. The second-order valence-corrected chi connectivity index (χ2v) is 7.37. The molecular formula is C21H25N3O2S. The summed E-state index contributed by atoms with van der Waals surface area (Å²) in [6.07, 6.45) is 1.85. The van der Waals surface area contributed by atoms with Gasteiger partial charge in [-0.3, -0.25) is 4.79 Å². The maximum absolute atomic E-state index is 12.8. The third-order valence-corrected chi connectivity index (χ3v) is 5.63. The number of fused-ring (bicyclic) bond motifs is 1. The fourth-order valence-electron chi connectivity index (χ4n) is 3.26. The van der Waals surface area contributed by atoms with E-state index in [0.717, 1.165) is 33.1 Å². The van der Waals surface area contributed by atoms with Crippen molar-refractivity contribution in [2.45, 2.75) is 32.1 Å². The molecule has 2 heterocycles. The van der Waals surface area contributed by atoms with Crippen molar-refractivity contribution in [2.24, 2.45) is 0 Å². The normalized spacial score (nSPS) is 11.2. The van der Waals surface area contributed by atoms with Gasteiger partial charge >= 0.3 is 0 Å². The van der Waals surface area contributed by atoms with Crippen LogP contribution in [0.15, 0.2) is 48.1 Å². The molecule has 6 heteroatoms. The van der Waals surface area contributed by atoms with Crippen molar-refractivity contribution in [3.63, 3.8) is 0 Å². The van der Waals surface area contributed by atoms with Crippen LogP contribution in [-0.2, 0) is 17.8 Å². The number of hydrogen-bond donors (Lipinski definition) is 0. The van der Waals surface area contributed by atoms with E-state index in [9.17, 15) is 4.79 Å². The molecular weight excluding hydrogens is 358 g/mol. The lowest BCUT2D eigenvalue weighted by atomic mass is 10.2. The Labute approximate surface area is 164 Å². The van der Waals surface area contributed by atoms with E-state index >= 15 is 0 Å². The highest BCUT2D eigenvalue weighted by Crippen LogP contribution is 2.26. The first kappa shape index (κ1) is 19.5. The molecule has 0 aliphatic heterocycles. The Hall–Kier alpha value is -2.31. The zero-order chi connectivity index (χ0) is 19.4. The first-order chi connectivity index (χ1) is 13.1. The molecule has 2 aromatic heterocycles. The summed E-state index contributed by atoms with van der Waals surface area (Å²) in [7, 11) is 1.69. The number of methoxy groups -OCH3 is 1. The van der Waals surface area contributed by atoms with E-state index in [0.29, 0.717) is 25.4 Å². The van der Waals surface area contributed by atoms with Gasteiger partial charge in [-0.1, -0.05) is 30.0 Å². The van der Waals surface area contributed by atoms with Crippen LogP contribution in [0.5, 0.6) is 0 Å². The molecule has 142 valence electrons. The fraction of sp³-hybridized carbons (Fsp3) is 0.333. The van der Waals surface area contributed by atoms with E-state index in [2.05, 4.69) is 15.7 Å². The van der Waals surface area contributed by atoms with Gasteiger partial charge in [-0.2, -0.15) is 0 Å². The van der Waals surface area contributed by atoms with Gasteiger partial charge < -0.3 is 13.9 Å². The molecule has 0 aliphatic carbocycles. The number of hydrogen-bond acceptors (Lipinski definition) is 4. The van der Waals surface area contributed by atoms with Gasteiger partial charge in [0, 0.05) is 37.2 Å². The number of aryl methyl sites for hydroxylation is 1. The summed E-state index contributed by atoms with van der Waals surface area (Å²) >= 11 is 1.48. The van der Waals surface area contributed by atoms with Gasteiger partial charge in [0.2, 0.25) is 0 Å². The van der Waals surface area contributed by atoms with E-state index in [1.54, 1.807) is 7.11 Å². The molecule has 0 saturated carbocycles. The molecule has 0 N–H and O–H groups in total. The molecule has 0 aliphatic rings. The van der Waals surface area contributed by atoms with Crippen LogP contribution in [0.3, 0.4) is 0 Å². The standard InChI is InChI=1S/C21H25N3O2S/c1-5-10-23-15(2)13-17(16(23)3)20(25)14-27-21-22-18-8-6-7-9-19(18)24(21)11-12-26-4/h5-9,13H,1,10-12,14H2,2-4H3. The highest BCUT2D eigenvalue weighted by Gasteiger charge is 2.17. The molecule has 3 rings (SSSR count). The minimum absolute atomic E-state index is 0.119. The first-order valence-electron chi connectivity index (χ1n) is 8.94. The Morgan fingerprint density at radius 3 is 2.81 bits per heavy atom. The smallest absolute Gasteiger partial charge is 0.175 e. The largest absolute Gasteiger partial charge is 0.383 e. The molecule has 0 fully saturated rings. The number of ether oxygens (including phenoxy) is 1. The quantitative estimate of drug-likeness (QED) is 0.315. The third kappa shape index (κ3) is 4.01. The summed E-state index contributed by atoms with van der Waals surface area (Å²) in [6, 6.07) is 9.99. The van der Waals surface area contributed by atoms with Crippen LogP contribution in [0.2, 0.25) is 0 Å². The molecule has 0 radical (unpaired) electrons. The predicted molar refractivity (Wildman–Crippen MR) is 111 cm³/mol. The van der Waals surface area contributed by atoms with Crippen molar-refractivity contribution in [2.75, 3.05) is 19.5 Å². The maximum Gasteiger partial charge on any atom is 0.175 e. The topological polar surface area (TPSA) is 49.0 Å². The number of rotatable bonds is 9. The van der Waals surface area contributed by atoms with E-state index in [-0.39, 0.29) is 5.78 Å². The van der Waals surface area contributed by atoms with Crippen LogP contribution in [0.1, 0.15) is 21.7 Å². The fourth-order valence-corrected chi connectivity index (χ4v) is 4.19. The minimum atomic E-state index is 0.119. The van der Waals surface area contributed by atoms with Crippen LogP contribution < -0.4 is 0 Å². The number of para-hydroxylation sites is 2. The van der Waals surface area contributed by atoms with E-state index in [1.807, 2.05) is 50.3 Å². The number of benzene rings is 1. The summed E-state index contributed by atoms with van der Waals surface area (Å²) < 4.78 is 9.47. The SMILES string of the molecule is C=CCn1c(C)cc(C(=O)CSc2nc3ccccc3n2CCOC)c1C. The zero-order valence-electron chi connectivity index (χ0n) is 16.1. The monoisotopic (exact) mass is 383 g/mol. The van der Waals surface area contributed by atoms with Crippen LogP contribution >= 0.6 is 11.8 Å². The van der Waals surface area contributed by atoms with E-state index in [1.165, 1.54) is 11.8 Å².